The van der Waals surface area contributed by atoms with Crippen molar-refractivity contribution < 1.29 is 9.53 Å². The van der Waals surface area contributed by atoms with Crippen LogP contribution in [-0.2, 0) is 4.74 Å². The summed E-state index contributed by atoms with van der Waals surface area (Å²) in [5.41, 5.74) is 0.302. The van der Waals surface area contributed by atoms with E-state index in [9.17, 15) is 9.59 Å². The maximum absolute atomic E-state index is 12.0. The molecule has 2 aromatic heterocycles. The van der Waals surface area contributed by atoms with Gasteiger partial charge in [0, 0.05) is 6.20 Å². The third-order valence-corrected chi connectivity index (χ3v) is 3.67. The second kappa shape index (κ2) is 4.36. The molecule has 7 heteroatoms. The van der Waals surface area contributed by atoms with E-state index in [0.717, 1.165) is 10.2 Å². The number of fused-ring (bicyclic) bond motifs is 1. The molecule has 0 amide bonds. The lowest BCUT2D eigenvalue weighted by Gasteiger charge is -1.93. The van der Waals surface area contributed by atoms with Crippen molar-refractivity contribution in [3.63, 3.8) is 0 Å². The van der Waals surface area contributed by atoms with E-state index in [0.29, 0.717) is 5.13 Å². The number of nitrogens with one attached hydrogen (secondary N) is 1. The SMILES string of the molecule is COC(=O)c1c[nH]n(-c2nc3ccccc3s2)c1=O. The molecule has 0 saturated carbocycles. The number of methoxy groups -OCH3 is 1. The molecule has 6 nitrogen and oxygen atoms in total. The lowest BCUT2D eigenvalue weighted by Crippen LogP contribution is -2.20. The van der Waals surface area contributed by atoms with Gasteiger partial charge in [-0.05, 0) is 12.1 Å². The van der Waals surface area contributed by atoms with E-state index in [1.807, 2.05) is 24.3 Å². The molecule has 1 aromatic carbocycles. The van der Waals surface area contributed by atoms with E-state index in [1.54, 1.807) is 0 Å². The Hall–Kier alpha value is -2.41. The van der Waals surface area contributed by atoms with E-state index < -0.39 is 11.5 Å². The summed E-state index contributed by atoms with van der Waals surface area (Å²) in [6.45, 7) is 0. The molecule has 96 valence electrons. The van der Waals surface area contributed by atoms with Crippen LogP contribution in [0, 0.1) is 0 Å². The van der Waals surface area contributed by atoms with Gasteiger partial charge in [0.15, 0.2) is 0 Å². The zero-order valence-electron chi connectivity index (χ0n) is 9.91. The fourth-order valence-corrected chi connectivity index (χ4v) is 2.66. The summed E-state index contributed by atoms with van der Waals surface area (Å²) >= 11 is 1.37. The summed E-state index contributed by atoms with van der Waals surface area (Å²) in [7, 11) is 1.23. The van der Waals surface area contributed by atoms with E-state index in [2.05, 4.69) is 14.8 Å². The third kappa shape index (κ3) is 1.84. The van der Waals surface area contributed by atoms with Crippen molar-refractivity contribution in [2.24, 2.45) is 0 Å². The molecule has 0 fully saturated rings. The Bertz CT molecular complexity index is 782. The zero-order valence-corrected chi connectivity index (χ0v) is 10.7. The number of aromatic amines is 1. The van der Waals surface area contributed by atoms with Gasteiger partial charge in [-0.2, -0.15) is 4.68 Å². The van der Waals surface area contributed by atoms with Crippen molar-refractivity contribution in [1.82, 2.24) is 14.8 Å². The minimum atomic E-state index is -0.666. The van der Waals surface area contributed by atoms with Crippen molar-refractivity contribution in [1.29, 1.82) is 0 Å². The van der Waals surface area contributed by atoms with Gasteiger partial charge in [0.25, 0.3) is 5.56 Å². The van der Waals surface area contributed by atoms with Crippen LogP contribution in [-0.4, -0.2) is 27.8 Å². The summed E-state index contributed by atoms with van der Waals surface area (Å²) in [6, 6.07) is 7.57. The number of nitrogens with zero attached hydrogens (tertiary/aromatic N) is 2. The second-order valence-electron chi connectivity index (χ2n) is 3.78. The van der Waals surface area contributed by atoms with Crippen LogP contribution in [0.3, 0.4) is 0 Å². The number of rotatable bonds is 2. The molecule has 2 heterocycles. The normalized spacial score (nSPS) is 10.8. The van der Waals surface area contributed by atoms with Crippen LogP contribution in [0.2, 0.25) is 0 Å². The van der Waals surface area contributed by atoms with Crippen LogP contribution in [0.4, 0.5) is 0 Å². The standard InChI is InChI=1S/C12H9N3O3S/c1-18-11(17)7-6-13-15(10(7)16)12-14-8-4-2-3-5-9(8)19-12/h2-6,13H,1H3. The molecule has 1 N–H and O–H groups in total. The van der Waals surface area contributed by atoms with Gasteiger partial charge >= 0.3 is 5.97 Å². The molecule has 0 atom stereocenters. The Morgan fingerprint density at radius 3 is 2.95 bits per heavy atom. The Morgan fingerprint density at radius 1 is 1.42 bits per heavy atom. The minimum absolute atomic E-state index is 0.0400. The van der Waals surface area contributed by atoms with Gasteiger partial charge in [0.2, 0.25) is 5.13 Å². The highest BCUT2D eigenvalue weighted by Gasteiger charge is 2.17. The monoisotopic (exact) mass is 275 g/mol. The average molecular weight is 275 g/mol. The van der Waals surface area contributed by atoms with E-state index in [-0.39, 0.29) is 5.56 Å². The summed E-state index contributed by atoms with van der Waals surface area (Å²) in [5, 5.41) is 3.21. The number of hydrogen-bond acceptors (Lipinski definition) is 5. The van der Waals surface area contributed by atoms with E-state index in [1.165, 1.54) is 29.3 Å². The highest BCUT2D eigenvalue weighted by molar-refractivity contribution is 7.20. The predicted molar refractivity (Wildman–Crippen MR) is 70.9 cm³/mol. The molecule has 0 aliphatic rings. The Labute approximate surface area is 111 Å². The molecule has 3 aromatic rings. The van der Waals surface area contributed by atoms with Crippen LogP contribution in [0.25, 0.3) is 15.3 Å². The van der Waals surface area contributed by atoms with Crippen molar-refractivity contribution in [2.75, 3.05) is 7.11 Å². The van der Waals surface area contributed by atoms with E-state index in [4.69, 9.17) is 0 Å². The molecule has 3 rings (SSSR count). The van der Waals surface area contributed by atoms with Crippen molar-refractivity contribution in [2.45, 2.75) is 0 Å². The molecule has 0 radical (unpaired) electrons. The minimum Gasteiger partial charge on any atom is -0.465 e. The Balaban J connectivity index is 2.14. The number of esters is 1. The molecule has 0 aliphatic carbocycles. The molecular formula is C12H9N3O3S. The predicted octanol–water partition coefficient (Wildman–Crippen LogP) is 1.56. The summed E-state index contributed by atoms with van der Waals surface area (Å²) in [4.78, 5) is 27.8. The number of aromatic nitrogens is 3. The average Bonchev–Trinajstić information content (AvgIpc) is 3.00. The summed E-state index contributed by atoms with van der Waals surface area (Å²) in [6.07, 6.45) is 1.32. The fraction of sp³-hybridized carbons (Fsp3) is 0.0833. The zero-order chi connectivity index (χ0) is 13.4. The fourth-order valence-electron chi connectivity index (χ4n) is 1.72. The molecule has 19 heavy (non-hydrogen) atoms. The number of H-pyrrole nitrogens is 1. The van der Waals surface area contributed by atoms with Crippen LogP contribution in [0.1, 0.15) is 10.4 Å². The Morgan fingerprint density at radius 2 is 2.21 bits per heavy atom. The smallest absolute Gasteiger partial charge is 0.345 e. The first kappa shape index (κ1) is 11.7. The topological polar surface area (TPSA) is 77.0 Å². The number of carbonyl (C=O) groups is 1. The quantitative estimate of drug-likeness (QED) is 0.720. The molecule has 0 saturated heterocycles. The highest BCUT2D eigenvalue weighted by Crippen LogP contribution is 2.23. The third-order valence-electron chi connectivity index (χ3n) is 2.65. The van der Waals surface area contributed by atoms with E-state index >= 15 is 0 Å². The molecular weight excluding hydrogens is 266 g/mol. The number of thiazole rings is 1. The Kier molecular flexibility index (Phi) is 2.68. The lowest BCUT2D eigenvalue weighted by molar-refractivity contribution is 0.0599. The van der Waals surface area contributed by atoms with Gasteiger partial charge in [0.1, 0.15) is 5.56 Å². The van der Waals surface area contributed by atoms with Crippen LogP contribution < -0.4 is 5.56 Å². The van der Waals surface area contributed by atoms with Crippen molar-refractivity contribution in [3.05, 3.63) is 46.4 Å². The highest BCUT2D eigenvalue weighted by atomic mass is 32.1. The number of benzene rings is 1. The van der Waals surface area contributed by atoms with Crippen LogP contribution in [0.15, 0.2) is 35.3 Å². The first-order valence-electron chi connectivity index (χ1n) is 5.45. The van der Waals surface area contributed by atoms with Gasteiger partial charge in [-0.15, -0.1) is 0 Å². The first-order chi connectivity index (χ1) is 9.20. The maximum Gasteiger partial charge on any atom is 0.345 e. The van der Waals surface area contributed by atoms with Crippen molar-refractivity contribution >= 4 is 27.5 Å². The first-order valence-corrected chi connectivity index (χ1v) is 6.27. The summed E-state index contributed by atoms with van der Waals surface area (Å²) in [5.74, 6) is -0.666. The molecule has 0 bridgehead atoms. The van der Waals surface area contributed by atoms with Crippen molar-refractivity contribution in [3.8, 4) is 5.13 Å². The lowest BCUT2D eigenvalue weighted by atomic mass is 10.3. The number of para-hydroxylation sites is 1. The van der Waals surface area contributed by atoms with Crippen LogP contribution >= 0.6 is 11.3 Å². The number of hydrogen-bond donors (Lipinski definition) is 1. The van der Waals surface area contributed by atoms with Crippen LogP contribution in [0.5, 0.6) is 0 Å². The molecule has 0 spiro atoms. The molecule has 0 unspecified atom stereocenters. The maximum atomic E-state index is 12.0. The molecule has 0 aliphatic heterocycles. The number of carbonyl (C=O) groups excluding carboxylic acids is 1. The van der Waals surface area contributed by atoms with Gasteiger partial charge in [-0.1, -0.05) is 23.5 Å². The van der Waals surface area contributed by atoms with Gasteiger partial charge in [-0.25, -0.2) is 9.78 Å². The van der Waals surface area contributed by atoms with Gasteiger partial charge < -0.3 is 4.74 Å². The second-order valence-corrected chi connectivity index (χ2v) is 4.79. The van der Waals surface area contributed by atoms with Gasteiger partial charge in [-0.3, -0.25) is 9.89 Å². The van der Waals surface area contributed by atoms with Gasteiger partial charge in [0.05, 0.1) is 17.3 Å². The number of ether oxygens (including phenoxy) is 1. The summed E-state index contributed by atoms with van der Waals surface area (Å²) < 4.78 is 6.74. The largest absolute Gasteiger partial charge is 0.465 e.